The summed E-state index contributed by atoms with van der Waals surface area (Å²) in [6, 6.07) is 10.7. The zero-order valence-corrected chi connectivity index (χ0v) is 10.4. The Bertz CT molecular complexity index is 626. The smallest absolute Gasteiger partial charge is 0.261 e. The summed E-state index contributed by atoms with van der Waals surface area (Å²) in [5, 5.41) is 18.9. The second-order valence-electron chi connectivity index (χ2n) is 4.16. The van der Waals surface area contributed by atoms with Crippen LogP contribution < -0.4 is 10.6 Å². The van der Waals surface area contributed by atoms with Crippen molar-refractivity contribution < 1.29 is 15.0 Å². The first kappa shape index (κ1) is 12.8. The molecule has 0 aliphatic rings. The summed E-state index contributed by atoms with van der Waals surface area (Å²) in [5.74, 6) is -0.746. The SMILES string of the molecule is CN(C(=O)c1ccc(O)cc1O)c1cccc(N)c1. The molecule has 0 saturated heterocycles. The van der Waals surface area contributed by atoms with Crippen molar-refractivity contribution in [3.8, 4) is 11.5 Å². The fourth-order valence-electron chi connectivity index (χ4n) is 1.73. The highest BCUT2D eigenvalue weighted by Gasteiger charge is 2.17. The Labute approximate surface area is 110 Å². The maximum Gasteiger partial charge on any atom is 0.261 e. The molecule has 0 radical (unpaired) electrons. The number of anilines is 2. The van der Waals surface area contributed by atoms with E-state index in [4.69, 9.17) is 5.73 Å². The van der Waals surface area contributed by atoms with Crippen LogP contribution in [0.25, 0.3) is 0 Å². The van der Waals surface area contributed by atoms with E-state index in [1.54, 1.807) is 31.3 Å². The van der Waals surface area contributed by atoms with Gasteiger partial charge in [0.1, 0.15) is 11.5 Å². The number of nitrogens with zero attached hydrogens (tertiary/aromatic N) is 1. The fourth-order valence-corrected chi connectivity index (χ4v) is 1.73. The molecule has 0 spiro atoms. The van der Waals surface area contributed by atoms with Gasteiger partial charge in [0.2, 0.25) is 0 Å². The summed E-state index contributed by atoms with van der Waals surface area (Å²) >= 11 is 0. The summed E-state index contributed by atoms with van der Waals surface area (Å²) in [7, 11) is 1.59. The van der Waals surface area contributed by atoms with E-state index in [-0.39, 0.29) is 23.0 Å². The summed E-state index contributed by atoms with van der Waals surface area (Å²) < 4.78 is 0. The van der Waals surface area contributed by atoms with Crippen molar-refractivity contribution in [2.45, 2.75) is 0 Å². The second kappa shape index (κ2) is 4.89. The maximum absolute atomic E-state index is 12.2. The lowest BCUT2D eigenvalue weighted by molar-refractivity contribution is 0.0990. The van der Waals surface area contributed by atoms with Gasteiger partial charge >= 0.3 is 0 Å². The molecule has 2 aromatic carbocycles. The van der Waals surface area contributed by atoms with Gasteiger partial charge < -0.3 is 20.8 Å². The molecule has 0 saturated carbocycles. The minimum atomic E-state index is -0.386. The van der Waals surface area contributed by atoms with Crippen molar-refractivity contribution in [3.05, 3.63) is 48.0 Å². The number of carbonyl (C=O) groups excluding carboxylic acids is 1. The average Bonchev–Trinajstić information content (AvgIpc) is 2.37. The molecule has 19 heavy (non-hydrogen) atoms. The lowest BCUT2D eigenvalue weighted by atomic mass is 10.1. The van der Waals surface area contributed by atoms with E-state index in [2.05, 4.69) is 0 Å². The third kappa shape index (κ3) is 2.60. The number of hydrogen-bond donors (Lipinski definition) is 3. The number of carbonyl (C=O) groups is 1. The number of nitrogen functional groups attached to an aromatic ring is 1. The standard InChI is InChI=1S/C14H14N2O3/c1-16(10-4-2-3-9(15)7-10)14(19)12-6-5-11(17)8-13(12)18/h2-8,17-18H,15H2,1H3. The predicted octanol–water partition coefficient (Wildman–Crippen LogP) is 1.96. The van der Waals surface area contributed by atoms with Crippen LogP contribution in [-0.4, -0.2) is 23.2 Å². The third-order valence-electron chi connectivity index (χ3n) is 2.77. The molecule has 0 bridgehead atoms. The van der Waals surface area contributed by atoms with Crippen LogP contribution in [0.2, 0.25) is 0 Å². The van der Waals surface area contributed by atoms with E-state index in [1.165, 1.54) is 17.0 Å². The van der Waals surface area contributed by atoms with Crippen molar-refractivity contribution in [1.82, 2.24) is 0 Å². The first-order chi connectivity index (χ1) is 8.99. The third-order valence-corrected chi connectivity index (χ3v) is 2.77. The normalized spacial score (nSPS) is 10.2. The first-order valence-corrected chi connectivity index (χ1v) is 5.64. The van der Waals surface area contributed by atoms with Crippen LogP contribution in [0.3, 0.4) is 0 Å². The summed E-state index contributed by atoms with van der Waals surface area (Å²) in [6.45, 7) is 0. The zero-order chi connectivity index (χ0) is 14.0. The largest absolute Gasteiger partial charge is 0.508 e. The van der Waals surface area contributed by atoms with Crippen molar-refractivity contribution in [2.75, 3.05) is 17.7 Å². The molecule has 2 rings (SSSR count). The highest BCUT2D eigenvalue weighted by molar-refractivity contribution is 6.07. The lowest BCUT2D eigenvalue weighted by Crippen LogP contribution is -2.26. The second-order valence-corrected chi connectivity index (χ2v) is 4.16. The van der Waals surface area contributed by atoms with Gasteiger partial charge in [-0.25, -0.2) is 0 Å². The molecule has 0 aromatic heterocycles. The molecular formula is C14H14N2O3. The highest BCUT2D eigenvalue weighted by Crippen LogP contribution is 2.25. The van der Waals surface area contributed by atoms with Gasteiger partial charge in [0.05, 0.1) is 5.56 Å². The number of aromatic hydroxyl groups is 2. The van der Waals surface area contributed by atoms with Crippen molar-refractivity contribution in [1.29, 1.82) is 0 Å². The molecule has 0 aliphatic heterocycles. The van der Waals surface area contributed by atoms with E-state index >= 15 is 0 Å². The summed E-state index contributed by atoms with van der Waals surface area (Å²) in [4.78, 5) is 13.6. The Balaban J connectivity index is 2.33. The van der Waals surface area contributed by atoms with Crippen LogP contribution in [0.5, 0.6) is 11.5 Å². The van der Waals surface area contributed by atoms with Crippen LogP contribution in [0.1, 0.15) is 10.4 Å². The van der Waals surface area contributed by atoms with Gasteiger partial charge in [-0.15, -0.1) is 0 Å². The molecule has 1 amide bonds. The molecule has 0 unspecified atom stereocenters. The lowest BCUT2D eigenvalue weighted by Gasteiger charge is -2.18. The van der Waals surface area contributed by atoms with Gasteiger partial charge in [0.25, 0.3) is 5.91 Å². The minimum absolute atomic E-state index is 0.0966. The Kier molecular flexibility index (Phi) is 3.29. The van der Waals surface area contributed by atoms with Crippen LogP contribution in [-0.2, 0) is 0 Å². The van der Waals surface area contributed by atoms with Gasteiger partial charge in [0, 0.05) is 24.5 Å². The number of phenols is 2. The molecular weight excluding hydrogens is 244 g/mol. The van der Waals surface area contributed by atoms with Crippen LogP contribution in [0, 0.1) is 0 Å². The van der Waals surface area contributed by atoms with E-state index in [0.717, 1.165) is 6.07 Å². The quantitative estimate of drug-likeness (QED) is 0.718. The summed E-state index contributed by atoms with van der Waals surface area (Å²) in [6.07, 6.45) is 0. The van der Waals surface area contributed by atoms with E-state index < -0.39 is 0 Å². The van der Waals surface area contributed by atoms with Crippen molar-refractivity contribution >= 4 is 17.3 Å². The number of nitrogens with two attached hydrogens (primary N) is 1. The molecule has 0 heterocycles. The Morgan fingerprint density at radius 2 is 1.89 bits per heavy atom. The first-order valence-electron chi connectivity index (χ1n) is 5.64. The number of hydrogen-bond acceptors (Lipinski definition) is 4. The van der Waals surface area contributed by atoms with Crippen LogP contribution >= 0.6 is 0 Å². The zero-order valence-electron chi connectivity index (χ0n) is 10.4. The van der Waals surface area contributed by atoms with Gasteiger partial charge in [0.15, 0.2) is 0 Å². The predicted molar refractivity (Wildman–Crippen MR) is 73.4 cm³/mol. The molecule has 5 heteroatoms. The number of benzene rings is 2. The molecule has 2 aromatic rings. The molecule has 5 nitrogen and oxygen atoms in total. The monoisotopic (exact) mass is 258 g/mol. The Morgan fingerprint density at radius 3 is 2.53 bits per heavy atom. The van der Waals surface area contributed by atoms with Crippen molar-refractivity contribution in [3.63, 3.8) is 0 Å². The molecule has 0 fully saturated rings. The van der Waals surface area contributed by atoms with E-state index in [1.807, 2.05) is 0 Å². The van der Waals surface area contributed by atoms with E-state index in [0.29, 0.717) is 11.4 Å². The number of amides is 1. The maximum atomic E-state index is 12.2. The average molecular weight is 258 g/mol. The number of rotatable bonds is 2. The molecule has 98 valence electrons. The fraction of sp³-hybridized carbons (Fsp3) is 0.0714. The number of phenolic OH excluding ortho intramolecular Hbond substituents is 2. The molecule has 0 atom stereocenters. The molecule has 4 N–H and O–H groups in total. The van der Waals surface area contributed by atoms with Crippen LogP contribution in [0.4, 0.5) is 11.4 Å². The molecule has 0 aliphatic carbocycles. The Morgan fingerprint density at radius 1 is 1.16 bits per heavy atom. The van der Waals surface area contributed by atoms with E-state index in [9.17, 15) is 15.0 Å². The Hall–Kier alpha value is -2.69. The minimum Gasteiger partial charge on any atom is -0.508 e. The van der Waals surface area contributed by atoms with Gasteiger partial charge in [-0.2, -0.15) is 0 Å². The topological polar surface area (TPSA) is 86.8 Å². The van der Waals surface area contributed by atoms with Gasteiger partial charge in [-0.1, -0.05) is 6.07 Å². The van der Waals surface area contributed by atoms with Gasteiger partial charge in [-0.3, -0.25) is 4.79 Å². The highest BCUT2D eigenvalue weighted by atomic mass is 16.3. The van der Waals surface area contributed by atoms with Crippen LogP contribution in [0.15, 0.2) is 42.5 Å². The summed E-state index contributed by atoms with van der Waals surface area (Å²) in [5.41, 5.74) is 6.95. The van der Waals surface area contributed by atoms with Gasteiger partial charge in [-0.05, 0) is 30.3 Å². The van der Waals surface area contributed by atoms with Crippen molar-refractivity contribution in [2.24, 2.45) is 0 Å².